The van der Waals surface area contributed by atoms with Gasteiger partial charge in [0.1, 0.15) is 0 Å². The first kappa shape index (κ1) is 19.8. The van der Waals surface area contributed by atoms with Gasteiger partial charge in [-0.05, 0) is 43.2 Å². The van der Waals surface area contributed by atoms with Gasteiger partial charge < -0.3 is 15.0 Å². The Kier molecular flexibility index (Phi) is 5.94. The number of hydrogen-bond donors (Lipinski definition) is 1. The highest BCUT2D eigenvalue weighted by Crippen LogP contribution is 2.29. The van der Waals surface area contributed by atoms with Gasteiger partial charge in [0, 0.05) is 24.8 Å². The maximum Gasteiger partial charge on any atom is 0.311 e. The Balaban J connectivity index is 1.57. The van der Waals surface area contributed by atoms with E-state index < -0.39 is 24.4 Å². The summed E-state index contributed by atoms with van der Waals surface area (Å²) in [6.07, 6.45) is 1.55. The summed E-state index contributed by atoms with van der Waals surface area (Å²) in [7, 11) is 0. The predicted octanol–water partition coefficient (Wildman–Crippen LogP) is 2.89. The number of nitrogens with zero attached hydrogens (tertiary/aromatic N) is 2. The molecule has 0 radical (unpaired) electrons. The highest BCUT2D eigenvalue weighted by atomic mass is 35.5. The second kappa shape index (κ2) is 8.39. The van der Waals surface area contributed by atoms with Gasteiger partial charge in [-0.3, -0.25) is 14.4 Å². The number of aromatic nitrogens is 1. The maximum atomic E-state index is 12.4. The zero-order valence-corrected chi connectivity index (χ0v) is 16.3. The second-order valence-electron chi connectivity index (χ2n) is 6.62. The van der Waals surface area contributed by atoms with Crippen LogP contribution in [0.25, 0.3) is 0 Å². The number of ether oxygens (including phenoxy) is 1. The van der Waals surface area contributed by atoms with E-state index in [9.17, 15) is 14.4 Å². The molecule has 0 unspecified atom stereocenters. The molecule has 1 aliphatic rings. The van der Waals surface area contributed by atoms with Gasteiger partial charge in [0.05, 0.1) is 11.6 Å². The number of esters is 1. The van der Waals surface area contributed by atoms with E-state index in [1.807, 2.05) is 32.0 Å². The molecule has 0 bridgehead atoms. The third kappa shape index (κ3) is 4.31. The number of amides is 2. The molecular weight excluding hydrogens is 382 g/mol. The van der Waals surface area contributed by atoms with Gasteiger partial charge in [0.15, 0.2) is 11.8 Å². The number of benzene rings is 1. The van der Waals surface area contributed by atoms with Crippen molar-refractivity contribution in [2.75, 3.05) is 23.4 Å². The largest absolute Gasteiger partial charge is 0.455 e. The van der Waals surface area contributed by atoms with Gasteiger partial charge in [-0.25, -0.2) is 4.98 Å². The lowest BCUT2D eigenvalue weighted by Gasteiger charge is -2.20. The van der Waals surface area contributed by atoms with Crippen molar-refractivity contribution >= 4 is 40.8 Å². The van der Waals surface area contributed by atoms with Crippen LogP contribution < -0.4 is 10.2 Å². The first-order chi connectivity index (χ1) is 13.4. The van der Waals surface area contributed by atoms with Crippen LogP contribution in [0.4, 0.5) is 11.4 Å². The summed E-state index contributed by atoms with van der Waals surface area (Å²) in [4.78, 5) is 42.1. The molecule has 1 atom stereocenters. The van der Waals surface area contributed by atoms with Crippen molar-refractivity contribution in [3.63, 3.8) is 0 Å². The Labute approximate surface area is 167 Å². The molecule has 7 nitrogen and oxygen atoms in total. The lowest BCUT2D eigenvalue weighted by molar-refractivity contribution is -0.151. The van der Waals surface area contributed by atoms with E-state index >= 15 is 0 Å². The van der Waals surface area contributed by atoms with E-state index in [0.29, 0.717) is 5.69 Å². The molecule has 2 amide bonds. The van der Waals surface area contributed by atoms with Gasteiger partial charge in [-0.1, -0.05) is 23.7 Å². The van der Waals surface area contributed by atoms with E-state index in [1.165, 1.54) is 6.20 Å². The number of rotatable bonds is 5. The van der Waals surface area contributed by atoms with E-state index in [1.54, 1.807) is 17.0 Å². The molecule has 1 aliphatic heterocycles. The number of halogens is 1. The molecule has 8 heteroatoms. The lowest BCUT2D eigenvalue weighted by atomic mass is 10.1. The van der Waals surface area contributed by atoms with Crippen LogP contribution in [-0.2, 0) is 19.1 Å². The van der Waals surface area contributed by atoms with Crippen LogP contribution in [0.3, 0.4) is 0 Å². The maximum absolute atomic E-state index is 12.4. The Morgan fingerprint density at radius 2 is 2.07 bits per heavy atom. The average molecular weight is 402 g/mol. The summed E-state index contributed by atoms with van der Waals surface area (Å²) < 4.78 is 5.09. The quantitative estimate of drug-likeness (QED) is 0.614. The first-order valence-electron chi connectivity index (χ1n) is 8.80. The molecule has 2 aromatic rings. The van der Waals surface area contributed by atoms with E-state index in [0.717, 1.165) is 16.8 Å². The van der Waals surface area contributed by atoms with Crippen LogP contribution in [0.15, 0.2) is 36.5 Å². The normalized spacial score (nSPS) is 16.2. The third-order valence-electron chi connectivity index (χ3n) is 4.70. The highest BCUT2D eigenvalue weighted by molar-refractivity contribution is 6.32. The van der Waals surface area contributed by atoms with Crippen molar-refractivity contribution in [3.8, 4) is 0 Å². The summed E-state index contributed by atoms with van der Waals surface area (Å²) in [5.41, 5.74) is 3.20. The molecule has 1 fully saturated rings. The minimum Gasteiger partial charge on any atom is -0.455 e. The Bertz CT molecular complexity index is 931. The van der Waals surface area contributed by atoms with E-state index in [2.05, 4.69) is 10.3 Å². The molecular formula is C20H20ClN3O4. The number of hydrogen-bond acceptors (Lipinski definition) is 5. The smallest absolute Gasteiger partial charge is 0.311 e. The molecule has 1 aromatic heterocycles. The second-order valence-corrected chi connectivity index (χ2v) is 6.98. The SMILES string of the molecule is Cc1cccc(N2C[C@H](C(=O)OCC(=O)Nc3cccnc3Cl)CC2=O)c1C. The number of pyridine rings is 1. The minimum absolute atomic E-state index is 0.0578. The Hall–Kier alpha value is -2.93. The number of carbonyl (C=O) groups excluding carboxylic acids is 3. The van der Waals surface area contributed by atoms with Crippen LogP contribution in [0.2, 0.25) is 5.15 Å². The molecule has 0 spiro atoms. The molecule has 0 aliphatic carbocycles. The standard InChI is InChI=1S/C20H20ClN3O4/c1-12-5-3-7-16(13(12)2)24-10-14(9-18(24)26)20(27)28-11-17(25)23-15-6-4-8-22-19(15)21/h3-8,14H,9-11H2,1-2H3,(H,23,25)/t14-/m1/s1. The summed E-state index contributed by atoms with van der Waals surface area (Å²) in [6.45, 7) is 3.69. The number of anilines is 2. The molecule has 3 rings (SSSR count). The monoisotopic (exact) mass is 401 g/mol. The fourth-order valence-corrected chi connectivity index (χ4v) is 3.21. The molecule has 0 saturated carbocycles. The number of nitrogens with one attached hydrogen (secondary N) is 1. The van der Waals surface area contributed by atoms with Crippen LogP contribution in [0, 0.1) is 19.8 Å². The lowest BCUT2D eigenvalue weighted by Crippen LogP contribution is -2.28. The zero-order chi connectivity index (χ0) is 20.3. The van der Waals surface area contributed by atoms with Crippen LogP contribution >= 0.6 is 11.6 Å². The number of aryl methyl sites for hydroxylation is 1. The predicted molar refractivity (Wildman–Crippen MR) is 105 cm³/mol. The van der Waals surface area contributed by atoms with Crippen LogP contribution in [-0.4, -0.2) is 35.9 Å². The molecule has 1 saturated heterocycles. The number of carbonyl (C=O) groups is 3. The molecule has 28 heavy (non-hydrogen) atoms. The van der Waals surface area contributed by atoms with Crippen molar-refractivity contribution in [2.45, 2.75) is 20.3 Å². The fraction of sp³-hybridized carbons (Fsp3) is 0.300. The van der Waals surface area contributed by atoms with Crippen LogP contribution in [0.5, 0.6) is 0 Å². The molecule has 1 N–H and O–H groups in total. The third-order valence-corrected chi connectivity index (χ3v) is 5.01. The van der Waals surface area contributed by atoms with Crippen LogP contribution in [0.1, 0.15) is 17.5 Å². The zero-order valence-electron chi connectivity index (χ0n) is 15.6. The van der Waals surface area contributed by atoms with Gasteiger partial charge in [-0.2, -0.15) is 0 Å². The Morgan fingerprint density at radius 3 is 2.82 bits per heavy atom. The Morgan fingerprint density at radius 1 is 1.29 bits per heavy atom. The van der Waals surface area contributed by atoms with Crippen molar-refractivity contribution in [2.24, 2.45) is 5.92 Å². The fourth-order valence-electron chi connectivity index (χ4n) is 3.05. The van der Waals surface area contributed by atoms with E-state index in [4.69, 9.17) is 16.3 Å². The van der Waals surface area contributed by atoms with Gasteiger partial charge in [0.25, 0.3) is 5.91 Å². The summed E-state index contributed by atoms with van der Waals surface area (Å²) >= 11 is 5.87. The molecule has 2 heterocycles. The van der Waals surface area contributed by atoms with Crippen molar-refractivity contribution < 1.29 is 19.1 Å². The minimum atomic E-state index is -0.609. The summed E-state index contributed by atoms with van der Waals surface area (Å²) in [6, 6.07) is 8.92. The van der Waals surface area contributed by atoms with Crippen molar-refractivity contribution in [1.82, 2.24) is 4.98 Å². The highest BCUT2D eigenvalue weighted by Gasteiger charge is 2.37. The average Bonchev–Trinajstić information content (AvgIpc) is 3.05. The summed E-state index contributed by atoms with van der Waals surface area (Å²) in [5, 5.41) is 2.67. The van der Waals surface area contributed by atoms with Crippen molar-refractivity contribution in [1.29, 1.82) is 0 Å². The summed E-state index contributed by atoms with van der Waals surface area (Å²) in [5.74, 6) is -1.85. The van der Waals surface area contributed by atoms with Crippen molar-refractivity contribution in [3.05, 3.63) is 52.8 Å². The first-order valence-corrected chi connectivity index (χ1v) is 9.18. The van der Waals surface area contributed by atoms with E-state index in [-0.39, 0.29) is 24.0 Å². The topological polar surface area (TPSA) is 88.6 Å². The van der Waals surface area contributed by atoms with Gasteiger partial charge >= 0.3 is 5.97 Å². The molecule has 1 aromatic carbocycles. The van der Waals surface area contributed by atoms with Gasteiger partial charge in [0.2, 0.25) is 5.91 Å². The van der Waals surface area contributed by atoms with Gasteiger partial charge in [-0.15, -0.1) is 0 Å². The molecule has 146 valence electrons.